The second-order valence-electron chi connectivity index (χ2n) is 8.27. The van der Waals surface area contributed by atoms with Crippen molar-refractivity contribution in [2.45, 2.75) is 30.9 Å². The van der Waals surface area contributed by atoms with Gasteiger partial charge in [-0.05, 0) is 55.2 Å². The first-order valence-electron chi connectivity index (χ1n) is 11.1. The number of para-hydroxylation sites is 3. The lowest BCUT2D eigenvalue weighted by molar-refractivity contribution is 0.244. The quantitative estimate of drug-likeness (QED) is 0.413. The van der Waals surface area contributed by atoms with Gasteiger partial charge < -0.3 is 9.30 Å². The summed E-state index contributed by atoms with van der Waals surface area (Å²) >= 11 is 0. The summed E-state index contributed by atoms with van der Waals surface area (Å²) < 4.78 is 35.6. The lowest BCUT2D eigenvalue weighted by atomic mass is 9.98. The Morgan fingerprint density at radius 3 is 2.45 bits per heavy atom. The molecule has 1 fully saturated rings. The third-order valence-electron chi connectivity index (χ3n) is 6.13. The van der Waals surface area contributed by atoms with E-state index in [1.165, 1.54) is 6.20 Å². The molecule has 8 heteroatoms. The number of hydrogen-bond donors (Lipinski definition) is 0. The van der Waals surface area contributed by atoms with E-state index in [1.54, 1.807) is 22.6 Å². The van der Waals surface area contributed by atoms with Gasteiger partial charge in [-0.3, -0.25) is 4.98 Å². The molecule has 33 heavy (non-hydrogen) atoms. The fourth-order valence-corrected chi connectivity index (χ4v) is 5.78. The number of sulfonamides is 1. The smallest absolute Gasteiger partial charge is 0.244 e. The van der Waals surface area contributed by atoms with E-state index in [4.69, 9.17) is 9.72 Å². The topological polar surface area (TPSA) is 77.3 Å². The van der Waals surface area contributed by atoms with Crippen LogP contribution in [0.3, 0.4) is 0 Å². The average Bonchev–Trinajstić information content (AvgIpc) is 3.21. The highest BCUT2D eigenvalue weighted by atomic mass is 32.2. The molecule has 0 amide bonds. The molecule has 0 bridgehead atoms. The fourth-order valence-electron chi connectivity index (χ4n) is 4.34. The third kappa shape index (κ3) is 4.62. The Bertz CT molecular complexity index is 1320. The Balaban J connectivity index is 1.30. The summed E-state index contributed by atoms with van der Waals surface area (Å²) in [7, 11) is -3.50. The van der Waals surface area contributed by atoms with Gasteiger partial charge >= 0.3 is 0 Å². The highest BCUT2D eigenvalue weighted by molar-refractivity contribution is 7.89. The molecule has 2 aromatic heterocycles. The molecule has 7 nitrogen and oxygen atoms in total. The molecule has 4 aromatic rings. The zero-order chi connectivity index (χ0) is 22.7. The number of pyridine rings is 1. The Hall–Kier alpha value is -3.23. The van der Waals surface area contributed by atoms with Gasteiger partial charge in [0.2, 0.25) is 10.0 Å². The van der Waals surface area contributed by atoms with Crippen LogP contribution in [0.2, 0.25) is 0 Å². The summed E-state index contributed by atoms with van der Waals surface area (Å²) in [5.41, 5.74) is 2.02. The number of imidazole rings is 1. The normalized spacial score (nSPS) is 15.6. The van der Waals surface area contributed by atoms with Crippen molar-refractivity contribution in [1.82, 2.24) is 18.8 Å². The van der Waals surface area contributed by atoms with Gasteiger partial charge in [-0.1, -0.05) is 30.3 Å². The van der Waals surface area contributed by atoms with Crippen LogP contribution in [-0.4, -0.2) is 40.3 Å². The first kappa shape index (κ1) is 21.6. The van der Waals surface area contributed by atoms with Crippen molar-refractivity contribution in [1.29, 1.82) is 0 Å². The van der Waals surface area contributed by atoms with E-state index in [9.17, 15) is 8.42 Å². The van der Waals surface area contributed by atoms with Crippen LogP contribution < -0.4 is 4.74 Å². The first-order chi connectivity index (χ1) is 16.1. The van der Waals surface area contributed by atoms with E-state index >= 15 is 0 Å². The largest absolute Gasteiger partial charge is 0.486 e. The van der Waals surface area contributed by atoms with Crippen molar-refractivity contribution in [3.05, 3.63) is 84.9 Å². The molecule has 1 aliphatic heterocycles. The highest BCUT2D eigenvalue weighted by Gasteiger charge is 2.30. The van der Waals surface area contributed by atoms with Gasteiger partial charge in [0, 0.05) is 32.0 Å². The molecule has 0 radical (unpaired) electrons. The molecular weight excluding hydrogens is 436 g/mol. The Morgan fingerprint density at radius 2 is 1.70 bits per heavy atom. The van der Waals surface area contributed by atoms with Crippen LogP contribution in [0.1, 0.15) is 18.7 Å². The minimum atomic E-state index is -3.50. The van der Waals surface area contributed by atoms with Crippen LogP contribution in [-0.2, 0) is 23.2 Å². The van der Waals surface area contributed by atoms with Gasteiger partial charge in [-0.15, -0.1) is 0 Å². The summed E-state index contributed by atoms with van der Waals surface area (Å²) in [6, 6.07) is 21.1. The standard InChI is InChI=1S/C25H26N4O3S/c30-33(31,22-9-6-14-26-17-22)28-15-12-20(13-16-28)18-29-24-11-5-4-10-23(24)27-25(29)19-32-21-7-2-1-3-8-21/h1-11,14,17,20H,12-13,15-16,18-19H2. The molecule has 2 aromatic carbocycles. The Morgan fingerprint density at radius 1 is 0.939 bits per heavy atom. The molecule has 1 aliphatic rings. The molecule has 1 saturated heterocycles. The second kappa shape index (κ2) is 9.33. The lowest BCUT2D eigenvalue weighted by Gasteiger charge is -2.31. The van der Waals surface area contributed by atoms with Crippen LogP contribution >= 0.6 is 0 Å². The Labute approximate surface area is 193 Å². The van der Waals surface area contributed by atoms with Gasteiger partial charge in [0.05, 0.1) is 11.0 Å². The van der Waals surface area contributed by atoms with E-state index < -0.39 is 10.0 Å². The number of hydrogen-bond acceptors (Lipinski definition) is 5. The first-order valence-corrected chi connectivity index (χ1v) is 12.6. The average molecular weight is 463 g/mol. The van der Waals surface area contributed by atoms with Crippen molar-refractivity contribution in [3.8, 4) is 5.75 Å². The van der Waals surface area contributed by atoms with Crippen LogP contribution in [0, 0.1) is 5.92 Å². The summed E-state index contributed by atoms with van der Waals surface area (Å²) in [6.07, 6.45) is 4.59. The molecule has 5 rings (SSSR count). The number of benzene rings is 2. The number of aromatic nitrogens is 3. The van der Waals surface area contributed by atoms with Crippen molar-refractivity contribution in [2.24, 2.45) is 5.92 Å². The summed E-state index contributed by atoms with van der Waals surface area (Å²) in [5, 5.41) is 0. The van der Waals surface area contributed by atoms with Crippen LogP contribution in [0.15, 0.2) is 84.0 Å². The van der Waals surface area contributed by atoms with E-state index in [1.807, 2.05) is 48.5 Å². The van der Waals surface area contributed by atoms with Crippen molar-refractivity contribution < 1.29 is 13.2 Å². The van der Waals surface area contributed by atoms with Gasteiger partial charge in [-0.25, -0.2) is 13.4 Å². The number of piperidine rings is 1. The highest BCUT2D eigenvalue weighted by Crippen LogP contribution is 2.27. The summed E-state index contributed by atoms with van der Waals surface area (Å²) in [6.45, 7) is 2.18. The maximum Gasteiger partial charge on any atom is 0.244 e. The number of nitrogens with zero attached hydrogens (tertiary/aromatic N) is 4. The van der Waals surface area contributed by atoms with E-state index in [0.717, 1.165) is 42.0 Å². The zero-order valence-electron chi connectivity index (χ0n) is 18.2. The molecular formula is C25H26N4O3S. The summed E-state index contributed by atoms with van der Waals surface area (Å²) in [4.78, 5) is 9.03. The SMILES string of the molecule is O=S(=O)(c1cccnc1)N1CCC(Cn2c(COc3ccccc3)nc3ccccc32)CC1. The predicted octanol–water partition coefficient (Wildman–Crippen LogP) is 4.11. The van der Waals surface area contributed by atoms with E-state index in [-0.39, 0.29) is 4.90 Å². The van der Waals surface area contributed by atoms with Crippen LogP contribution in [0.5, 0.6) is 5.75 Å². The van der Waals surface area contributed by atoms with Crippen molar-refractivity contribution >= 4 is 21.1 Å². The Kier molecular flexibility index (Phi) is 6.11. The van der Waals surface area contributed by atoms with Crippen molar-refractivity contribution in [3.63, 3.8) is 0 Å². The maximum absolute atomic E-state index is 12.9. The lowest BCUT2D eigenvalue weighted by Crippen LogP contribution is -2.39. The van der Waals surface area contributed by atoms with Gasteiger partial charge in [-0.2, -0.15) is 4.31 Å². The van der Waals surface area contributed by atoms with Gasteiger partial charge in [0.25, 0.3) is 0 Å². The molecule has 0 unspecified atom stereocenters. The molecule has 0 atom stereocenters. The molecule has 0 aliphatic carbocycles. The number of ether oxygens (including phenoxy) is 1. The zero-order valence-corrected chi connectivity index (χ0v) is 19.1. The second-order valence-corrected chi connectivity index (χ2v) is 10.2. The van der Waals surface area contributed by atoms with Crippen LogP contribution in [0.25, 0.3) is 11.0 Å². The molecule has 0 spiro atoms. The maximum atomic E-state index is 12.9. The van der Waals surface area contributed by atoms with Crippen LogP contribution in [0.4, 0.5) is 0 Å². The third-order valence-corrected chi connectivity index (χ3v) is 8.01. The number of fused-ring (bicyclic) bond motifs is 1. The van der Waals surface area contributed by atoms with Gasteiger partial charge in [0.1, 0.15) is 23.1 Å². The number of rotatable bonds is 7. The minimum absolute atomic E-state index is 0.254. The summed E-state index contributed by atoms with van der Waals surface area (Å²) in [5.74, 6) is 2.05. The molecule has 0 N–H and O–H groups in total. The molecule has 170 valence electrons. The van der Waals surface area contributed by atoms with Crippen molar-refractivity contribution in [2.75, 3.05) is 13.1 Å². The van der Waals surface area contributed by atoms with E-state index in [0.29, 0.717) is 25.6 Å². The molecule has 0 saturated carbocycles. The minimum Gasteiger partial charge on any atom is -0.486 e. The fraction of sp³-hybridized carbons (Fsp3) is 0.280. The van der Waals surface area contributed by atoms with E-state index in [2.05, 4.69) is 15.6 Å². The molecule has 3 heterocycles. The monoisotopic (exact) mass is 462 g/mol. The van der Waals surface area contributed by atoms with Gasteiger partial charge in [0.15, 0.2) is 0 Å². The predicted molar refractivity (Wildman–Crippen MR) is 126 cm³/mol.